The summed E-state index contributed by atoms with van der Waals surface area (Å²) in [6, 6.07) is 16.0. The summed E-state index contributed by atoms with van der Waals surface area (Å²) in [4.78, 5) is 2.70. The van der Waals surface area contributed by atoms with Crippen LogP contribution < -0.4 is 4.72 Å². The minimum Gasteiger partial charge on any atom is -0.415 e. The number of hydrogen-bond donors (Lipinski definition) is 2. The van der Waals surface area contributed by atoms with Gasteiger partial charge in [0.1, 0.15) is 16.4 Å². The number of H-pyrrole nitrogens is 1. The smallest absolute Gasteiger partial charge is 0.264 e. The van der Waals surface area contributed by atoms with Gasteiger partial charge in [-0.15, -0.1) is 10.2 Å². The predicted octanol–water partition coefficient (Wildman–Crippen LogP) is 3.67. The Kier molecular flexibility index (Phi) is 4.21. The summed E-state index contributed by atoms with van der Waals surface area (Å²) in [5.74, 6) is -0.212. The van der Waals surface area contributed by atoms with Crippen molar-refractivity contribution in [3.8, 4) is 23.0 Å². The van der Waals surface area contributed by atoms with E-state index in [0.29, 0.717) is 11.6 Å². The third-order valence-electron chi connectivity index (χ3n) is 3.76. The van der Waals surface area contributed by atoms with Crippen molar-refractivity contribution in [1.82, 2.24) is 15.2 Å². The van der Waals surface area contributed by atoms with Gasteiger partial charge in [-0.05, 0) is 30.3 Å². The lowest BCUT2D eigenvalue weighted by Crippen LogP contribution is -2.13. The van der Waals surface area contributed by atoms with Gasteiger partial charge in [0, 0.05) is 11.8 Å². The number of halogens is 1. The minimum absolute atomic E-state index is 0.0831. The van der Waals surface area contributed by atoms with Crippen molar-refractivity contribution in [2.45, 2.75) is 4.90 Å². The Morgan fingerprint density at radius 1 is 0.963 bits per heavy atom. The van der Waals surface area contributed by atoms with E-state index in [1.165, 1.54) is 36.5 Å². The second kappa shape index (κ2) is 6.69. The topological polar surface area (TPSA) is 101 Å². The molecule has 4 rings (SSSR count). The number of nitrogens with zero attached hydrogens (tertiary/aromatic N) is 2. The highest BCUT2D eigenvalue weighted by atomic mass is 32.2. The molecule has 0 saturated heterocycles. The van der Waals surface area contributed by atoms with Gasteiger partial charge in [0.25, 0.3) is 15.9 Å². The molecule has 0 unspecified atom stereocenters. The van der Waals surface area contributed by atoms with E-state index in [1.807, 2.05) is 30.3 Å². The molecular formula is C18H13FN4O3S. The number of hydrogen-bond acceptors (Lipinski definition) is 5. The summed E-state index contributed by atoms with van der Waals surface area (Å²) in [6.45, 7) is 0. The Labute approximate surface area is 153 Å². The van der Waals surface area contributed by atoms with Gasteiger partial charge >= 0.3 is 0 Å². The summed E-state index contributed by atoms with van der Waals surface area (Å²) < 4.78 is 46.4. The molecule has 0 atom stereocenters. The van der Waals surface area contributed by atoms with E-state index in [0.717, 1.165) is 5.56 Å². The summed E-state index contributed by atoms with van der Waals surface area (Å²) in [6.07, 6.45) is 1.27. The maximum Gasteiger partial charge on any atom is 0.264 e. The molecule has 0 aliphatic carbocycles. The van der Waals surface area contributed by atoms with Crippen LogP contribution in [0.15, 0.2) is 76.2 Å². The van der Waals surface area contributed by atoms with Gasteiger partial charge in [-0.2, -0.15) is 0 Å². The molecule has 9 heteroatoms. The van der Waals surface area contributed by atoms with Gasteiger partial charge in [-0.1, -0.05) is 30.3 Å². The Balaban J connectivity index is 1.60. The maximum absolute atomic E-state index is 13.7. The molecule has 0 fully saturated rings. The number of anilines is 1. The first kappa shape index (κ1) is 17.0. The fourth-order valence-corrected chi connectivity index (χ4v) is 3.49. The molecule has 27 heavy (non-hydrogen) atoms. The molecule has 136 valence electrons. The Morgan fingerprint density at radius 3 is 2.44 bits per heavy atom. The molecule has 0 aliphatic rings. The first-order chi connectivity index (χ1) is 13.0. The molecule has 2 N–H and O–H groups in total. The molecule has 0 radical (unpaired) electrons. The molecule has 4 aromatic rings. The number of para-hydroxylation sites is 1. The van der Waals surface area contributed by atoms with Gasteiger partial charge in [0.2, 0.25) is 5.89 Å². The lowest BCUT2D eigenvalue weighted by atomic mass is 10.2. The standard InChI is InChI=1S/C18H13FN4O3S/c19-14-8-4-5-9-15(14)23-27(24,25)13-10-16(20-11-13)18-22-21-17(26-18)12-6-2-1-3-7-12/h1-11,20,23H. The number of sulfonamides is 1. The van der Waals surface area contributed by atoms with E-state index in [2.05, 4.69) is 19.9 Å². The fourth-order valence-electron chi connectivity index (χ4n) is 2.43. The zero-order valence-electron chi connectivity index (χ0n) is 13.8. The Bertz CT molecular complexity index is 1190. The zero-order valence-corrected chi connectivity index (χ0v) is 14.6. The highest BCUT2D eigenvalue weighted by Gasteiger charge is 2.20. The fraction of sp³-hybridized carbons (Fsp3) is 0. The van der Waals surface area contributed by atoms with Crippen LogP contribution >= 0.6 is 0 Å². The van der Waals surface area contributed by atoms with Crippen molar-refractivity contribution < 1.29 is 17.2 Å². The summed E-state index contributed by atoms with van der Waals surface area (Å²) in [5, 5.41) is 7.90. The lowest BCUT2D eigenvalue weighted by Gasteiger charge is -2.06. The Morgan fingerprint density at radius 2 is 1.67 bits per heavy atom. The third kappa shape index (κ3) is 3.44. The van der Waals surface area contributed by atoms with E-state index in [4.69, 9.17) is 4.42 Å². The van der Waals surface area contributed by atoms with E-state index in [1.54, 1.807) is 0 Å². The molecule has 0 bridgehead atoms. The lowest BCUT2D eigenvalue weighted by molar-refractivity contribution is 0.582. The largest absolute Gasteiger partial charge is 0.415 e. The van der Waals surface area contributed by atoms with Crippen molar-refractivity contribution in [3.63, 3.8) is 0 Å². The second-order valence-electron chi connectivity index (χ2n) is 5.61. The SMILES string of the molecule is O=S(=O)(Nc1ccccc1F)c1c[nH]c(-c2nnc(-c3ccccc3)o2)c1. The van der Waals surface area contributed by atoms with Crippen LogP contribution in [0.2, 0.25) is 0 Å². The quantitative estimate of drug-likeness (QED) is 0.547. The van der Waals surface area contributed by atoms with Crippen molar-refractivity contribution in [2.24, 2.45) is 0 Å². The summed E-state index contributed by atoms with van der Waals surface area (Å²) >= 11 is 0. The molecule has 7 nitrogen and oxygen atoms in total. The van der Waals surface area contributed by atoms with E-state index >= 15 is 0 Å². The van der Waals surface area contributed by atoms with Crippen LogP contribution in [0.3, 0.4) is 0 Å². The van der Waals surface area contributed by atoms with Gasteiger partial charge in [0.05, 0.1) is 5.69 Å². The van der Waals surface area contributed by atoms with E-state index < -0.39 is 15.8 Å². The average Bonchev–Trinajstić information content (AvgIpc) is 3.34. The van der Waals surface area contributed by atoms with Crippen LogP contribution in [0, 0.1) is 5.82 Å². The van der Waals surface area contributed by atoms with Gasteiger partial charge in [-0.25, -0.2) is 12.8 Å². The monoisotopic (exact) mass is 384 g/mol. The van der Waals surface area contributed by atoms with Gasteiger partial charge in [0.15, 0.2) is 0 Å². The number of benzene rings is 2. The summed E-state index contributed by atoms with van der Waals surface area (Å²) in [5.41, 5.74) is 0.944. The molecular weight excluding hydrogens is 371 g/mol. The second-order valence-corrected chi connectivity index (χ2v) is 7.30. The molecule has 2 aromatic heterocycles. The van der Waals surface area contributed by atoms with Crippen LogP contribution in [0.5, 0.6) is 0 Å². The molecule has 0 saturated carbocycles. The molecule has 2 heterocycles. The Hall–Kier alpha value is -3.46. The van der Waals surface area contributed by atoms with Crippen LogP contribution in [0.25, 0.3) is 23.0 Å². The van der Waals surface area contributed by atoms with Crippen molar-refractivity contribution in [1.29, 1.82) is 0 Å². The minimum atomic E-state index is -3.98. The van der Waals surface area contributed by atoms with Gasteiger partial charge in [-0.3, -0.25) is 4.72 Å². The van der Waals surface area contributed by atoms with Crippen LogP contribution in [0.4, 0.5) is 10.1 Å². The van der Waals surface area contributed by atoms with Crippen LogP contribution in [-0.2, 0) is 10.0 Å². The first-order valence-electron chi connectivity index (χ1n) is 7.88. The van der Waals surface area contributed by atoms with Crippen LogP contribution in [0.1, 0.15) is 0 Å². The number of rotatable bonds is 5. The zero-order chi connectivity index (χ0) is 18.9. The average molecular weight is 384 g/mol. The van der Waals surface area contributed by atoms with Crippen molar-refractivity contribution in [2.75, 3.05) is 4.72 Å². The van der Waals surface area contributed by atoms with Gasteiger partial charge < -0.3 is 9.40 Å². The molecule has 0 spiro atoms. The molecule has 0 aliphatic heterocycles. The summed E-state index contributed by atoms with van der Waals surface area (Å²) in [7, 11) is -3.98. The first-order valence-corrected chi connectivity index (χ1v) is 9.36. The predicted molar refractivity (Wildman–Crippen MR) is 96.7 cm³/mol. The molecule has 2 aromatic carbocycles. The maximum atomic E-state index is 13.7. The van der Waals surface area contributed by atoms with E-state index in [9.17, 15) is 12.8 Å². The van der Waals surface area contributed by atoms with E-state index in [-0.39, 0.29) is 16.5 Å². The number of nitrogens with one attached hydrogen (secondary N) is 2. The van der Waals surface area contributed by atoms with Crippen molar-refractivity contribution in [3.05, 3.63) is 72.7 Å². The highest BCUT2D eigenvalue weighted by Crippen LogP contribution is 2.26. The normalized spacial score (nSPS) is 11.4. The van der Waals surface area contributed by atoms with Crippen molar-refractivity contribution >= 4 is 15.7 Å². The molecule has 0 amide bonds. The van der Waals surface area contributed by atoms with Crippen LogP contribution in [-0.4, -0.2) is 23.6 Å². The number of aromatic nitrogens is 3. The highest BCUT2D eigenvalue weighted by molar-refractivity contribution is 7.92. The third-order valence-corrected chi connectivity index (χ3v) is 5.11. The number of aromatic amines is 1.